The molecule has 1 aromatic carbocycles. The van der Waals surface area contributed by atoms with Crippen LogP contribution in [-0.2, 0) is 10.0 Å². The van der Waals surface area contributed by atoms with Crippen molar-refractivity contribution in [2.45, 2.75) is 50.0 Å². The summed E-state index contributed by atoms with van der Waals surface area (Å²) in [7, 11) is -3.57. The molecule has 3 rings (SSSR count). The zero-order chi connectivity index (χ0) is 17.9. The van der Waals surface area contributed by atoms with Crippen LogP contribution in [0.4, 0.5) is 5.69 Å². The maximum atomic E-state index is 12.5. The second kappa shape index (κ2) is 7.68. The number of para-hydroxylation sites is 1. The van der Waals surface area contributed by atoms with Gasteiger partial charge in [-0.3, -0.25) is 4.79 Å². The number of aryl methyl sites for hydroxylation is 1. The van der Waals surface area contributed by atoms with Crippen molar-refractivity contribution >= 4 is 33.0 Å². The summed E-state index contributed by atoms with van der Waals surface area (Å²) in [6, 6.07) is 8.93. The molecule has 2 aromatic rings. The number of sulfonamides is 1. The van der Waals surface area contributed by atoms with Crippen LogP contribution in [0.5, 0.6) is 0 Å². The van der Waals surface area contributed by atoms with Gasteiger partial charge in [0.1, 0.15) is 0 Å². The third-order valence-electron chi connectivity index (χ3n) is 4.43. The standard InChI is InChI=1S/C18H22N2O3S2/c1-13-7-5-6-10-16(13)19-18(21)17-11-15(12-24-17)25(22,23)20-14-8-3-2-4-9-14/h5-7,10-12,14,20H,2-4,8-9H2,1H3,(H,19,21). The SMILES string of the molecule is Cc1ccccc1NC(=O)c1cc(S(=O)(=O)NC2CCCCC2)cs1. The largest absolute Gasteiger partial charge is 0.321 e. The van der Waals surface area contributed by atoms with Gasteiger partial charge in [-0.1, -0.05) is 37.5 Å². The molecule has 0 radical (unpaired) electrons. The molecule has 0 spiro atoms. The minimum absolute atomic E-state index is 0.00268. The van der Waals surface area contributed by atoms with E-state index >= 15 is 0 Å². The van der Waals surface area contributed by atoms with Crippen molar-refractivity contribution in [3.05, 3.63) is 46.2 Å². The highest BCUT2D eigenvalue weighted by Gasteiger charge is 2.24. The lowest BCUT2D eigenvalue weighted by molar-refractivity contribution is 0.103. The van der Waals surface area contributed by atoms with E-state index in [0.717, 1.165) is 48.3 Å². The minimum atomic E-state index is -3.57. The molecule has 25 heavy (non-hydrogen) atoms. The number of nitrogens with one attached hydrogen (secondary N) is 2. The van der Waals surface area contributed by atoms with Crippen LogP contribution in [0.15, 0.2) is 40.6 Å². The third-order valence-corrected chi connectivity index (χ3v) is 7.01. The second-order valence-corrected chi connectivity index (χ2v) is 9.00. The molecule has 1 aromatic heterocycles. The van der Waals surface area contributed by atoms with Crippen LogP contribution < -0.4 is 10.0 Å². The fraction of sp³-hybridized carbons (Fsp3) is 0.389. The Morgan fingerprint density at radius 3 is 2.60 bits per heavy atom. The summed E-state index contributed by atoms with van der Waals surface area (Å²) in [5, 5.41) is 4.35. The maximum absolute atomic E-state index is 12.5. The predicted molar refractivity (Wildman–Crippen MR) is 101 cm³/mol. The van der Waals surface area contributed by atoms with Gasteiger partial charge < -0.3 is 5.32 Å². The number of rotatable bonds is 5. The van der Waals surface area contributed by atoms with Gasteiger partial charge in [-0.25, -0.2) is 13.1 Å². The molecule has 0 bridgehead atoms. The Bertz CT molecular complexity index is 853. The Morgan fingerprint density at radius 1 is 1.16 bits per heavy atom. The fourth-order valence-electron chi connectivity index (χ4n) is 2.98. The Hall–Kier alpha value is -1.70. The van der Waals surface area contributed by atoms with Crippen LogP contribution in [0.1, 0.15) is 47.3 Å². The van der Waals surface area contributed by atoms with E-state index < -0.39 is 10.0 Å². The molecule has 1 fully saturated rings. The van der Waals surface area contributed by atoms with Crippen molar-refractivity contribution in [1.29, 1.82) is 0 Å². The fourth-order valence-corrected chi connectivity index (χ4v) is 5.46. The topological polar surface area (TPSA) is 75.3 Å². The first-order chi connectivity index (χ1) is 12.0. The molecular weight excluding hydrogens is 356 g/mol. The Labute approximate surface area is 152 Å². The monoisotopic (exact) mass is 378 g/mol. The lowest BCUT2D eigenvalue weighted by atomic mass is 9.96. The van der Waals surface area contributed by atoms with Crippen LogP contribution in [0, 0.1) is 6.92 Å². The normalized spacial score (nSPS) is 15.9. The van der Waals surface area contributed by atoms with Crippen LogP contribution in [0.3, 0.4) is 0 Å². The van der Waals surface area contributed by atoms with E-state index in [-0.39, 0.29) is 16.8 Å². The highest BCUT2D eigenvalue weighted by molar-refractivity contribution is 7.89. The molecule has 1 heterocycles. The van der Waals surface area contributed by atoms with E-state index in [1.807, 2.05) is 31.2 Å². The molecule has 2 N–H and O–H groups in total. The Balaban J connectivity index is 1.70. The highest BCUT2D eigenvalue weighted by atomic mass is 32.2. The molecule has 1 aliphatic carbocycles. The van der Waals surface area contributed by atoms with Gasteiger partial charge in [-0.05, 0) is 37.5 Å². The molecule has 7 heteroatoms. The zero-order valence-corrected chi connectivity index (χ0v) is 15.8. The summed E-state index contributed by atoms with van der Waals surface area (Å²) in [4.78, 5) is 12.9. The predicted octanol–water partition coefficient (Wildman–Crippen LogP) is 3.92. The number of carbonyl (C=O) groups excluding carboxylic acids is 1. The minimum Gasteiger partial charge on any atom is -0.321 e. The van der Waals surface area contributed by atoms with Crippen molar-refractivity contribution in [3.8, 4) is 0 Å². The van der Waals surface area contributed by atoms with Gasteiger partial charge in [0, 0.05) is 17.1 Å². The number of hydrogen-bond acceptors (Lipinski definition) is 4. The number of hydrogen-bond donors (Lipinski definition) is 2. The average Bonchev–Trinajstić information content (AvgIpc) is 3.09. The molecule has 1 aliphatic rings. The molecule has 1 amide bonds. The van der Waals surface area contributed by atoms with Gasteiger partial charge in [-0.15, -0.1) is 11.3 Å². The first-order valence-corrected chi connectivity index (χ1v) is 10.8. The molecule has 0 atom stereocenters. The zero-order valence-electron chi connectivity index (χ0n) is 14.1. The van der Waals surface area contributed by atoms with Crippen molar-refractivity contribution in [3.63, 3.8) is 0 Å². The van der Waals surface area contributed by atoms with Gasteiger partial charge in [0.15, 0.2) is 0 Å². The second-order valence-electron chi connectivity index (χ2n) is 6.37. The van der Waals surface area contributed by atoms with E-state index in [0.29, 0.717) is 4.88 Å². The lowest BCUT2D eigenvalue weighted by Gasteiger charge is -2.22. The summed E-state index contributed by atoms with van der Waals surface area (Å²) < 4.78 is 27.8. The lowest BCUT2D eigenvalue weighted by Crippen LogP contribution is -2.35. The van der Waals surface area contributed by atoms with Gasteiger partial charge >= 0.3 is 0 Å². The van der Waals surface area contributed by atoms with Crippen LogP contribution in [0.2, 0.25) is 0 Å². The quantitative estimate of drug-likeness (QED) is 0.828. The van der Waals surface area contributed by atoms with Gasteiger partial charge in [-0.2, -0.15) is 0 Å². The number of thiophene rings is 1. The smallest absolute Gasteiger partial charge is 0.265 e. The van der Waals surface area contributed by atoms with Crippen LogP contribution in [0.25, 0.3) is 0 Å². The van der Waals surface area contributed by atoms with Crippen molar-refractivity contribution in [1.82, 2.24) is 4.72 Å². The van der Waals surface area contributed by atoms with Crippen molar-refractivity contribution in [2.75, 3.05) is 5.32 Å². The van der Waals surface area contributed by atoms with Crippen molar-refractivity contribution in [2.24, 2.45) is 0 Å². The van der Waals surface area contributed by atoms with E-state index in [9.17, 15) is 13.2 Å². The van der Waals surface area contributed by atoms with Gasteiger partial charge in [0.05, 0.1) is 9.77 Å². The van der Waals surface area contributed by atoms with Gasteiger partial charge in [0.25, 0.3) is 5.91 Å². The van der Waals surface area contributed by atoms with E-state index in [1.54, 1.807) is 0 Å². The maximum Gasteiger partial charge on any atom is 0.265 e. The molecule has 0 unspecified atom stereocenters. The number of anilines is 1. The van der Waals surface area contributed by atoms with Crippen LogP contribution in [-0.4, -0.2) is 20.4 Å². The summed E-state index contributed by atoms with van der Waals surface area (Å²) in [6.07, 6.45) is 5.04. The number of amides is 1. The van der Waals surface area contributed by atoms with E-state index in [2.05, 4.69) is 10.0 Å². The summed E-state index contributed by atoms with van der Waals surface area (Å²) in [5.74, 6) is -0.293. The van der Waals surface area contributed by atoms with Gasteiger partial charge in [0.2, 0.25) is 10.0 Å². The molecule has 0 aliphatic heterocycles. The number of carbonyl (C=O) groups is 1. The van der Waals surface area contributed by atoms with E-state index in [1.165, 1.54) is 17.9 Å². The average molecular weight is 379 g/mol. The summed E-state index contributed by atoms with van der Waals surface area (Å²) in [6.45, 7) is 1.91. The summed E-state index contributed by atoms with van der Waals surface area (Å²) in [5.41, 5.74) is 1.69. The van der Waals surface area contributed by atoms with Crippen molar-refractivity contribution < 1.29 is 13.2 Å². The number of benzene rings is 1. The summed E-state index contributed by atoms with van der Waals surface area (Å²) >= 11 is 1.14. The molecule has 1 saturated carbocycles. The Kier molecular flexibility index (Phi) is 5.56. The first kappa shape index (κ1) is 18.1. The molecule has 134 valence electrons. The van der Waals surface area contributed by atoms with E-state index in [4.69, 9.17) is 0 Å². The molecule has 5 nitrogen and oxygen atoms in total. The van der Waals surface area contributed by atoms with Crippen LogP contribution >= 0.6 is 11.3 Å². The molecular formula is C18H22N2O3S2. The molecule has 0 saturated heterocycles. The third kappa shape index (κ3) is 4.48. The highest BCUT2D eigenvalue weighted by Crippen LogP contribution is 2.24. The Morgan fingerprint density at radius 2 is 1.88 bits per heavy atom. The first-order valence-electron chi connectivity index (χ1n) is 8.43.